The van der Waals surface area contributed by atoms with Crippen LogP contribution in [0.2, 0.25) is 0 Å². The fraction of sp³-hybridized carbons (Fsp3) is 0.545. The lowest BCUT2D eigenvalue weighted by atomic mass is 9.95. The molecule has 4 amide bonds. The molecule has 2 unspecified atom stereocenters. The van der Waals surface area contributed by atoms with Gasteiger partial charge < -0.3 is 34.2 Å². The van der Waals surface area contributed by atoms with Gasteiger partial charge >= 0.3 is 6.09 Å². The van der Waals surface area contributed by atoms with E-state index in [9.17, 15) is 24.3 Å². The van der Waals surface area contributed by atoms with Crippen LogP contribution in [0, 0.1) is 6.92 Å². The number of rotatable bonds is 14. The summed E-state index contributed by atoms with van der Waals surface area (Å²) >= 11 is 6.51. The number of aliphatic hydroxyl groups excluding tert-OH is 1. The Morgan fingerprint density at radius 2 is 1.69 bits per heavy atom. The maximum atomic E-state index is 13.9. The first-order valence-electron chi connectivity index (χ1n) is 20.9. The number of aryl methyl sites for hydroxylation is 1. The first-order chi connectivity index (χ1) is 28.5. The molecular weight excluding hydrogens is 810 g/mol. The van der Waals surface area contributed by atoms with Crippen molar-refractivity contribution >= 4 is 79.2 Å². The number of fused-ring (bicyclic) bond motifs is 5. The fourth-order valence-corrected chi connectivity index (χ4v) is 10.9. The molecule has 59 heavy (non-hydrogen) atoms. The minimum atomic E-state index is -1.14. The van der Waals surface area contributed by atoms with Crippen LogP contribution in [0.25, 0.3) is 10.8 Å². The van der Waals surface area contributed by atoms with Gasteiger partial charge in [0.25, 0.3) is 5.91 Å². The van der Waals surface area contributed by atoms with Crippen LogP contribution in [0.1, 0.15) is 85.7 Å². The van der Waals surface area contributed by atoms with E-state index in [1.54, 1.807) is 48.4 Å². The van der Waals surface area contributed by atoms with E-state index in [1.807, 2.05) is 50.6 Å². The Morgan fingerprint density at radius 3 is 2.44 bits per heavy atom. The molecule has 15 heteroatoms. The van der Waals surface area contributed by atoms with Crippen molar-refractivity contribution in [3.63, 3.8) is 0 Å². The number of ether oxygens (including phenoxy) is 2. The molecule has 2 saturated heterocycles. The van der Waals surface area contributed by atoms with Gasteiger partial charge in [0.05, 0.1) is 29.6 Å². The normalized spacial score (nSPS) is 21.0. The molecule has 0 bridgehead atoms. The Bertz CT molecular complexity index is 2050. The third-order valence-corrected chi connectivity index (χ3v) is 14.8. The Morgan fingerprint density at radius 1 is 0.949 bits per heavy atom. The highest BCUT2D eigenvalue weighted by molar-refractivity contribution is 8.76. The molecule has 0 aliphatic carbocycles. The van der Waals surface area contributed by atoms with Crippen molar-refractivity contribution in [2.24, 2.45) is 0 Å². The molecule has 1 N–H and O–H groups in total. The molecule has 0 saturated carbocycles. The highest BCUT2D eigenvalue weighted by Gasteiger charge is 2.44. The van der Waals surface area contributed by atoms with E-state index in [-0.39, 0.29) is 41.4 Å². The molecule has 4 aliphatic rings. The van der Waals surface area contributed by atoms with E-state index < -0.39 is 12.3 Å². The summed E-state index contributed by atoms with van der Waals surface area (Å²) in [5, 5.41) is 13.6. The zero-order valence-electron chi connectivity index (χ0n) is 34.5. The number of unbranched alkanes of at least 4 members (excludes halogenated alkanes) is 2. The molecule has 4 heterocycles. The molecule has 0 radical (unpaired) electrons. The van der Waals surface area contributed by atoms with Crippen molar-refractivity contribution in [3.8, 4) is 11.5 Å². The summed E-state index contributed by atoms with van der Waals surface area (Å²) in [5.74, 6) is 0.912. The topological polar surface area (TPSA) is 123 Å². The fourth-order valence-electron chi connectivity index (χ4n) is 8.85. The van der Waals surface area contributed by atoms with Crippen molar-refractivity contribution < 1.29 is 33.8 Å². The van der Waals surface area contributed by atoms with Crippen LogP contribution in [0.15, 0.2) is 42.5 Å². The maximum Gasteiger partial charge on any atom is 0.415 e. The van der Waals surface area contributed by atoms with E-state index in [0.29, 0.717) is 93.5 Å². The number of nitrogens with zero attached hydrogens (tertiary/aromatic N) is 5. The highest BCUT2D eigenvalue weighted by Crippen LogP contribution is 2.46. The molecular formula is C44H56ClN5O7S2. The second kappa shape index (κ2) is 19.4. The average Bonchev–Trinajstić information content (AvgIpc) is 3.86. The Balaban J connectivity index is 0.993. The molecule has 3 aromatic carbocycles. The summed E-state index contributed by atoms with van der Waals surface area (Å²) in [7, 11) is 5.42. The first kappa shape index (κ1) is 43.4. The van der Waals surface area contributed by atoms with Gasteiger partial charge in [0, 0.05) is 86.7 Å². The van der Waals surface area contributed by atoms with Crippen molar-refractivity contribution in [2.45, 2.75) is 88.7 Å². The van der Waals surface area contributed by atoms with Crippen LogP contribution in [0.3, 0.4) is 0 Å². The van der Waals surface area contributed by atoms with E-state index in [4.69, 9.17) is 21.1 Å². The molecule has 12 nitrogen and oxygen atoms in total. The largest absolute Gasteiger partial charge is 0.493 e. The summed E-state index contributed by atoms with van der Waals surface area (Å²) < 4.78 is 12.3. The van der Waals surface area contributed by atoms with Crippen molar-refractivity contribution in [2.75, 3.05) is 74.9 Å². The summed E-state index contributed by atoms with van der Waals surface area (Å²) in [5.41, 5.74) is 3.33. The van der Waals surface area contributed by atoms with Crippen LogP contribution >= 0.6 is 33.2 Å². The minimum Gasteiger partial charge on any atom is -0.493 e. The lowest BCUT2D eigenvalue weighted by molar-refractivity contribution is -0.121. The number of aliphatic hydroxyl groups is 1. The van der Waals surface area contributed by atoms with Gasteiger partial charge in [-0.15, -0.1) is 11.6 Å². The number of benzene rings is 3. The number of carbonyl (C=O) groups is 4. The van der Waals surface area contributed by atoms with E-state index in [1.165, 1.54) is 4.90 Å². The van der Waals surface area contributed by atoms with Crippen molar-refractivity contribution in [1.29, 1.82) is 0 Å². The van der Waals surface area contributed by atoms with Gasteiger partial charge in [-0.2, -0.15) is 0 Å². The minimum absolute atomic E-state index is 0.0112. The third-order valence-electron chi connectivity index (χ3n) is 12.1. The molecule has 0 spiro atoms. The molecule has 4 aliphatic heterocycles. The molecule has 7 rings (SSSR count). The summed E-state index contributed by atoms with van der Waals surface area (Å²) in [6, 6.07) is 12.7. The Kier molecular flexibility index (Phi) is 14.2. The number of piperazine rings is 1. The SMILES string of the molecule is CSSC(C)CCC(=O)N1c2cc(OCCCCCC(=O)N3C[C@@H](CCl)c4c3cc(OC(=O)N3CCN(C)CC3)c3ccccc43)c(C)cc2C(=O)N2CCC[C@H]2C1O. The monoisotopic (exact) mass is 865 g/mol. The van der Waals surface area contributed by atoms with Crippen molar-refractivity contribution in [3.05, 3.63) is 59.2 Å². The molecule has 3 aromatic rings. The van der Waals surface area contributed by atoms with Crippen molar-refractivity contribution in [1.82, 2.24) is 14.7 Å². The molecule has 2 fully saturated rings. The highest BCUT2D eigenvalue weighted by atomic mass is 35.5. The van der Waals surface area contributed by atoms with Crippen LogP contribution in [-0.2, 0) is 9.59 Å². The predicted molar refractivity (Wildman–Crippen MR) is 237 cm³/mol. The van der Waals surface area contributed by atoms with Crippen LogP contribution < -0.4 is 19.3 Å². The Hall–Kier alpha value is -3.69. The van der Waals surface area contributed by atoms with Gasteiger partial charge in [-0.1, -0.05) is 52.8 Å². The first-order valence-corrected chi connectivity index (χ1v) is 24.0. The number of hydrogen-bond acceptors (Lipinski definition) is 10. The second-order valence-corrected chi connectivity index (χ2v) is 19.4. The van der Waals surface area contributed by atoms with E-state index >= 15 is 0 Å². The van der Waals surface area contributed by atoms with Gasteiger partial charge in [-0.3, -0.25) is 19.3 Å². The number of carbonyl (C=O) groups excluding carboxylic acids is 4. The Labute approximate surface area is 360 Å². The standard InChI is InChI=1S/C44H56ClN5O7S2/c1-28-23-33-35(50(40(52)16-15-29(2)59-58-4)43(54)34-13-10-17-48(34)42(33)53)24-37(28)56-22-9-5-6-14-39(51)49-27-30(26-45)41-32-12-8-7-11-31(32)38(25-36(41)49)57-44(55)47-20-18-46(3)19-21-47/h7-8,11-12,23-25,29-30,34,43,54H,5-6,9-10,13-22,26-27H2,1-4H3/t29?,30-,34+,43?/m1/s1. The van der Waals surface area contributed by atoms with E-state index in [2.05, 4.69) is 11.8 Å². The lowest BCUT2D eigenvalue weighted by Gasteiger charge is -2.32. The van der Waals surface area contributed by atoms with Crippen LogP contribution in [0.5, 0.6) is 11.5 Å². The van der Waals surface area contributed by atoms with E-state index in [0.717, 1.165) is 53.5 Å². The zero-order chi connectivity index (χ0) is 41.8. The smallest absolute Gasteiger partial charge is 0.415 e. The van der Waals surface area contributed by atoms with Crippen LogP contribution in [-0.4, -0.2) is 126 Å². The van der Waals surface area contributed by atoms with Gasteiger partial charge in [0.1, 0.15) is 11.5 Å². The summed E-state index contributed by atoms with van der Waals surface area (Å²) in [4.78, 5) is 63.6. The number of hydrogen-bond donors (Lipinski definition) is 1. The number of halogens is 1. The lowest BCUT2D eigenvalue weighted by Crippen LogP contribution is -2.50. The second-order valence-electron chi connectivity index (χ2n) is 16.2. The number of anilines is 2. The zero-order valence-corrected chi connectivity index (χ0v) is 36.9. The average molecular weight is 867 g/mol. The van der Waals surface area contributed by atoms with Crippen LogP contribution in [0.4, 0.5) is 16.2 Å². The van der Waals surface area contributed by atoms with Gasteiger partial charge in [0.2, 0.25) is 11.8 Å². The quantitative estimate of drug-likeness (QED) is 0.0983. The predicted octanol–water partition coefficient (Wildman–Crippen LogP) is 7.65. The number of likely N-dealkylation sites (N-methyl/N-ethyl adjacent to an activating group) is 1. The van der Waals surface area contributed by atoms with Gasteiger partial charge in [-0.05, 0) is 81.3 Å². The molecule has 4 atom stereocenters. The number of alkyl halides is 1. The molecule has 318 valence electrons. The van der Waals surface area contributed by atoms with Gasteiger partial charge in [0.15, 0.2) is 6.23 Å². The number of amides is 4. The summed E-state index contributed by atoms with van der Waals surface area (Å²) in [6.07, 6.45) is 5.22. The van der Waals surface area contributed by atoms with Gasteiger partial charge in [-0.25, -0.2) is 4.79 Å². The molecule has 0 aromatic heterocycles. The third kappa shape index (κ3) is 9.31. The summed E-state index contributed by atoms with van der Waals surface area (Å²) in [6.45, 7) is 8.12. The maximum absolute atomic E-state index is 13.9.